The molecule has 0 unspecified atom stereocenters. The number of aromatic nitrogens is 1. The predicted molar refractivity (Wildman–Crippen MR) is 139 cm³/mol. The normalized spacial score (nSPS) is 16.6. The van der Waals surface area contributed by atoms with Crippen molar-refractivity contribution in [2.45, 2.75) is 18.9 Å². The number of thiazole rings is 1. The lowest BCUT2D eigenvalue weighted by molar-refractivity contribution is 0.0697. The number of nitrogens with zero attached hydrogens (tertiary/aromatic N) is 2. The number of carboxylic acids is 1. The molecule has 1 N–H and O–H groups in total. The van der Waals surface area contributed by atoms with E-state index in [0.29, 0.717) is 9.33 Å². The van der Waals surface area contributed by atoms with Crippen LogP contribution in [0.3, 0.4) is 0 Å². The van der Waals surface area contributed by atoms with Crippen molar-refractivity contribution in [3.05, 3.63) is 126 Å². The Balaban J connectivity index is 1.56. The molecule has 1 aliphatic carbocycles. The van der Waals surface area contributed by atoms with E-state index in [0.717, 1.165) is 46.6 Å². The predicted octanol–water partition coefficient (Wildman–Crippen LogP) is 4.03. The van der Waals surface area contributed by atoms with Crippen molar-refractivity contribution >= 4 is 29.1 Å². The van der Waals surface area contributed by atoms with Gasteiger partial charge in [0.1, 0.15) is 5.75 Å². The lowest BCUT2D eigenvalue weighted by Crippen LogP contribution is -2.38. The second-order valence-electron chi connectivity index (χ2n) is 8.81. The number of benzene rings is 3. The first-order chi connectivity index (χ1) is 17.5. The maximum atomic E-state index is 13.8. The molecule has 1 aromatic heterocycles. The highest BCUT2D eigenvalue weighted by atomic mass is 32.1. The molecule has 2 heterocycles. The Morgan fingerprint density at radius 3 is 2.53 bits per heavy atom. The molecule has 1 atom stereocenters. The van der Waals surface area contributed by atoms with Gasteiger partial charge in [-0.05, 0) is 65.4 Å². The lowest BCUT2D eigenvalue weighted by Gasteiger charge is -2.30. The summed E-state index contributed by atoms with van der Waals surface area (Å²) in [6.45, 7) is 0. The van der Waals surface area contributed by atoms with E-state index in [1.807, 2.05) is 30.3 Å². The van der Waals surface area contributed by atoms with Gasteiger partial charge < -0.3 is 9.84 Å². The number of carbonyl (C=O) groups is 1. The Bertz CT molecular complexity index is 1710. The zero-order valence-electron chi connectivity index (χ0n) is 19.5. The third kappa shape index (κ3) is 3.69. The lowest BCUT2D eigenvalue weighted by atomic mass is 9.83. The van der Waals surface area contributed by atoms with Gasteiger partial charge in [0.2, 0.25) is 0 Å². The second-order valence-corrected chi connectivity index (χ2v) is 9.82. The van der Waals surface area contributed by atoms with E-state index in [-0.39, 0.29) is 17.2 Å². The summed E-state index contributed by atoms with van der Waals surface area (Å²) >= 11 is 1.36. The van der Waals surface area contributed by atoms with Crippen molar-refractivity contribution in [3.63, 3.8) is 0 Å². The molecular weight excluding hydrogens is 472 g/mol. The summed E-state index contributed by atoms with van der Waals surface area (Å²) in [5, 5.41) is 9.18. The molecule has 0 spiro atoms. The van der Waals surface area contributed by atoms with Crippen LogP contribution in [0.5, 0.6) is 5.75 Å². The van der Waals surface area contributed by atoms with E-state index in [1.165, 1.54) is 16.9 Å². The first-order valence-electron chi connectivity index (χ1n) is 11.6. The molecule has 0 saturated carbocycles. The largest absolute Gasteiger partial charge is 0.497 e. The van der Waals surface area contributed by atoms with Gasteiger partial charge in [-0.3, -0.25) is 9.36 Å². The van der Waals surface area contributed by atoms with Gasteiger partial charge in [0.15, 0.2) is 4.80 Å². The van der Waals surface area contributed by atoms with Gasteiger partial charge in [0.25, 0.3) is 5.56 Å². The zero-order chi connectivity index (χ0) is 24.8. The fraction of sp³-hybridized carbons (Fsp3) is 0.138. The highest BCUT2D eigenvalue weighted by Gasteiger charge is 2.32. The summed E-state index contributed by atoms with van der Waals surface area (Å²) in [5.74, 6) is -0.217. The fourth-order valence-corrected chi connectivity index (χ4v) is 5.98. The monoisotopic (exact) mass is 494 g/mol. The van der Waals surface area contributed by atoms with Crippen LogP contribution in [0.1, 0.15) is 45.1 Å². The standard InChI is InChI=1S/C29H22N2O4S/c1-35-21-13-10-19(11-14-21)26-23-15-12-18-4-2-3-5-22(18)25(23)30-29-31(26)27(32)24(36-29)16-17-6-8-20(9-7-17)28(33)34/h2-11,13-14,16,26H,12,15H2,1H3,(H,33,34)/t26-/m1/s1. The van der Waals surface area contributed by atoms with Gasteiger partial charge in [0.05, 0.1) is 28.9 Å². The number of allylic oxidation sites excluding steroid dienone is 1. The first-order valence-corrected chi connectivity index (χ1v) is 12.5. The van der Waals surface area contributed by atoms with Gasteiger partial charge in [0, 0.05) is 5.56 Å². The molecule has 36 heavy (non-hydrogen) atoms. The van der Waals surface area contributed by atoms with Gasteiger partial charge >= 0.3 is 5.97 Å². The van der Waals surface area contributed by atoms with Gasteiger partial charge in [-0.1, -0.05) is 59.9 Å². The molecule has 0 radical (unpaired) electrons. The summed E-state index contributed by atoms with van der Waals surface area (Å²) in [6, 6.07) is 22.5. The summed E-state index contributed by atoms with van der Waals surface area (Å²) in [7, 11) is 1.64. The summed E-state index contributed by atoms with van der Waals surface area (Å²) < 4.78 is 7.72. The van der Waals surface area contributed by atoms with E-state index in [9.17, 15) is 14.7 Å². The van der Waals surface area contributed by atoms with Gasteiger partial charge in [-0.25, -0.2) is 9.79 Å². The maximum absolute atomic E-state index is 13.8. The smallest absolute Gasteiger partial charge is 0.335 e. The van der Waals surface area contributed by atoms with Crippen LogP contribution in [0, 0.1) is 0 Å². The van der Waals surface area contributed by atoms with Crippen LogP contribution < -0.4 is 19.6 Å². The Morgan fingerprint density at radius 1 is 1.06 bits per heavy atom. The minimum absolute atomic E-state index is 0.104. The molecule has 2 aliphatic rings. The van der Waals surface area contributed by atoms with Crippen LogP contribution >= 0.6 is 11.3 Å². The number of hydrogen-bond donors (Lipinski definition) is 1. The molecular formula is C29H22N2O4S. The number of ether oxygens (including phenoxy) is 1. The first kappa shape index (κ1) is 22.2. The van der Waals surface area contributed by atoms with E-state index >= 15 is 0 Å². The highest BCUT2D eigenvalue weighted by Crippen LogP contribution is 2.41. The molecule has 6 rings (SSSR count). The Labute approximate surface area is 210 Å². The molecule has 3 aromatic carbocycles. The minimum atomic E-state index is -0.980. The molecule has 7 heteroatoms. The number of fused-ring (bicyclic) bond motifs is 3. The fourth-order valence-electron chi connectivity index (χ4n) is 4.98. The van der Waals surface area contributed by atoms with E-state index in [2.05, 4.69) is 18.2 Å². The van der Waals surface area contributed by atoms with Crippen LogP contribution in [0.2, 0.25) is 0 Å². The third-order valence-corrected chi connectivity index (χ3v) is 7.74. The molecule has 178 valence electrons. The Morgan fingerprint density at radius 2 is 1.81 bits per heavy atom. The van der Waals surface area contributed by atoms with Crippen molar-refractivity contribution in [3.8, 4) is 5.75 Å². The van der Waals surface area contributed by atoms with Crippen molar-refractivity contribution in [1.29, 1.82) is 0 Å². The summed E-state index contributed by atoms with van der Waals surface area (Å²) in [6.07, 6.45) is 3.53. The second kappa shape index (κ2) is 8.77. The van der Waals surface area contributed by atoms with Crippen LogP contribution in [0.15, 0.2) is 88.2 Å². The van der Waals surface area contributed by atoms with E-state index in [4.69, 9.17) is 9.73 Å². The molecule has 6 nitrogen and oxygen atoms in total. The highest BCUT2D eigenvalue weighted by molar-refractivity contribution is 7.07. The topological polar surface area (TPSA) is 80.9 Å². The maximum Gasteiger partial charge on any atom is 0.335 e. The summed E-state index contributed by atoms with van der Waals surface area (Å²) in [4.78, 5) is 30.6. The van der Waals surface area contributed by atoms with Gasteiger partial charge in [-0.15, -0.1) is 0 Å². The zero-order valence-corrected chi connectivity index (χ0v) is 20.3. The van der Waals surface area contributed by atoms with E-state index in [1.54, 1.807) is 42.0 Å². The molecule has 0 fully saturated rings. The minimum Gasteiger partial charge on any atom is -0.497 e. The number of rotatable bonds is 4. The van der Waals surface area contributed by atoms with Crippen LogP contribution in [-0.4, -0.2) is 22.8 Å². The molecule has 0 bridgehead atoms. The van der Waals surface area contributed by atoms with Crippen LogP contribution in [0.25, 0.3) is 11.8 Å². The molecule has 0 amide bonds. The van der Waals surface area contributed by atoms with Crippen LogP contribution in [0.4, 0.5) is 0 Å². The van der Waals surface area contributed by atoms with Crippen molar-refractivity contribution in [2.24, 2.45) is 4.99 Å². The number of carboxylic acid groups (broad SMARTS) is 1. The van der Waals surface area contributed by atoms with Crippen molar-refractivity contribution in [1.82, 2.24) is 4.57 Å². The Kier molecular flexibility index (Phi) is 5.42. The number of methoxy groups -OCH3 is 1. The van der Waals surface area contributed by atoms with E-state index < -0.39 is 5.97 Å². The summed E-state index contributed by atoms with van der Waals surface area (Å²) in [5.41, 5.74) is 6.37. The average molecular weight is 495 g/mol. The molecule has 1 aliphatic heterocycles. The number of aryl methyl sites for hydroxylation is 1. The van der Waals surface area contributed by atoms with Crippen LogP contribution in [-0.2, 0) is 6.42 Å². The number of hydrogen-bond acceptors (Lipinski definition) is 5. The molecule has 0 saturated heterocycles. The molecule has 4 aromatic rings. The third-order valence-electron chi connectivity index (χ3n) is 6.76. The van der Waals surface area contributed by atoms with Crippen molar-refractivity contribution < 1.29 is 14.6 Å². The van der Waals surface area contributed by atoms with Gasteiger partial charge in [-0.2, -0.15) is 0 Å². The van der Waals surface area contributed by atoms with Crippen molar-refractivity contribution in [2.75, 3.05) is 7.11 Å². The SMILES string of the molecule is COc1ccc([C@@H]2C3=C(N=c4sc(=Cc5ccc(C(=O)O)cc5)c(=O)n42)c2ccccc2CC3)cc1. The Hall–Kier alpha value is -4.23. The average Bonchev–Trinajstić information content (AvgIpc) is 3.22. The number of aromatic carboxylic acids is 1. The quantitative estimate of drug-likeness (QED) is 0.465.